The van der Waals surface area contributed by atoms with E-state index in [-0.39, 0.29) is 5.91 Å². The number of anilines is 1. The molecule has 0 bridgehead atoms. The van der Waals surface area contributed by atoms with Crippen LogP contribution in [0.3, 0.4) is 0 Å². The molecule has 0 radical (unpaired) electrons. The molecule has 1 fully saturated rings. The second-order valence-corrected chi connectivity index (χ2v) is 9.04. The predicted molar refractivity (Wildman–Crippen MR) is 112 cm³/mol. The number of nitrogens with zero attached hydrogens (tertiary/aromatic N) is 1. The molecule has 6 nitrogen and oxygen atoms in total. The Hall–Kier alpha value is -2.38. The minimum atomic E-state index is -3.38. The normalized spacial score (nSPS) is 15.2. The molecular weight excluding hydrogens is 374 g/mol. The number of likely N-dealkylation sites (tertiary alicyclic amines) is 1. The highest BCUT2D eigenvalue weighted by molar-refractivity contribution is 7.92. The summed E-state index contributed by atoms with van der Waals surface area (Å²) in [5.41, 5.74) is 3.10. The van der Waals surface area contributed by atoms with Gasteiger partial charge in [-0.3, -0.25) is 14.4 Å². The van der Waals surface area contributed by atoms with Crippen molar-refractivity contribution < 1.29 is 13.2 Å². The molecule has 0 spiro atoms. The summed E-state index contributed by atoms with van der Waals surface area (Å²) in [4.78, 5) is 14.9. The standard InChI is InChI=1S/C21H27N3O3S/c1-28(26,27)23-20-7-5-6-19(14-20)21(25)22-15-17-8-10-18(11-9-17)16-24-12-3-2-4-13-24/h5-11,14,23H,2-4,12-13,15-16H2,1H3,(H,22,25). The Kier molecular flexibility index (Phi) is 6.70. The Morgan fingerprint density at radius 2 is 1.68 bits per heavy atom. The molecule has 0 aliphatic carbocycles. The summed E-state index contributed by atoms with van der Waals surface area (Å²) in [7, 11) is -3.38. The highest BCUT2D eigenvalue weighted by atomic mass is 32.2. The van der Waals surface area contributed by atoms with Crippen LogP contribution in [0.15, 0.2) is 48.5 Å². The van der Waals surface area contributed by atoms with Crippen molar-refractivity contribution in [1.29, 1.82) is 0 Å². The maximum atomic E-state index is 12.4. The number of benzene rings is 2. The first-order valence-electron chi connectivity index (χ1n) is 9.55. The second kappa shape index (κ2) is 9.21. The fourth-order valence-electron chi connectivity index (χ4n) is 3.36. The van der Waals surface area contributed by atoms with Crippen molar-refractivity contribution in [3.8, 4) is 0 Å². The van der Waals surface area contributed by atoms with Gasteiger partial charge in [-0.05, 0) is 55.3 Å². The van der Waals surface area contributed by atoms with Gasteiger partial charge in [-0.15, -0.1) is 0 Å². The number of piperidine rings is 1. The van der Waals surface area contributed by atoms with Crippen molar-refractivity contribution in [3.05, 3.63) is 65.2 Å². The molecule has 7 heteroatoms. The molecule has 0 saturated carbocycles. The van der Waals surface area contributed by atoms with Gasteiger partial charge >= 0.3 is 0 Å². The number of sulfonamides is 1. The van der Waals surface area contributed by atoms with Crippen LogP contribution in [0, 0.1) is 0 Å². The summed E-state index contributed by atoms with van der Waals surface area (Å²) < 4.78 is 25.0. The Labute approximate surface area is 167 Å². The van der Waals surface area contributed by atoms with Gasteiger partial charge in [-0.1, -0.05) is 36.8 Å². The number of hydrogen-bond donors (Lipinski definition) is 2. The molecule has 1 heterocycles. The van der Waals surface area contributed by atoms with Gasteiger partial charge in [0, 0.05) is 24.3 Å². The molecular formula is C21H27N3O3S. The van der Waals surface area contributed by atoms with E-state index in [4.69, 9.17) is 0 Å². The second-order valence-electron chi connectivity index (χ2n) is 7.29. The first-order valence-corrected chi connectivity index (χ1v) is 11.4. The third-order valence-electron chi connectivity index (χ3n) is 4.76. The minimum absolute atomic E-state index is 0.241. The van der Waals surface area contributed by atoms with Gasteiger partial charge in [0.1, 0.15) is 0 Å². The summed E-state index contributed by atoms with van der Waals surface area (Å²) in [5.74, 6) is -0.241. The Morgan fingerprint density at radius 1 is 1.00 bits per heavy atom. The highest BCUT2D eigenvalue weighted by Crippen LogP contribution is 2.14. The van der Waals surface area contributed by atoms with Crippen molar-refractivity contribution in [2.24, 2.45) is 0 Å². The number of carbonyl (C=O) groups is 1. The van der Waals surface area contributed by atoms with Gasteiger partial charge in [0.15, 0.2) is 0 Å². The lowest BCUT2D eigenvalue weighted by molar-refractivity contribution is 0.0951. The van der Waals surface area contributed by atoms with Crippen LogP contribution in [0.4, 0.5) is 5.69 Å². The van der Waals surface area contributed by atoms with Gasteiger partial charge in [0.2, 0.25) is 10.0 Å². The molecule has 2 aromatic carbocycles. The van der Waals surface area contributed by atoms with E-state index >= 15 is 0 Å². The molecule has 28 heavy (non-hydrogen) atoms. The largest absolute Gasteiger partial charge is 0.348 e. The Bertz CT molecular complexity index is 905. The molecule has 0 unspecified atom stereocenters. The van der Waals surface area contributed by atoms with Gasteiger partial charge in [0.25, 0.3) is 5.91 Å². The van der Waals surface area contributed by atoms with E-state index in [1.165, 1.54) is 44.0 Å². The zero-order valence-electron chi connectivity index (χ0n) is 16.1. The Balaban J connectivity index is 1.53. The van der Waals surface area contributed by atoms with Crippen LogP contribution in [0.5, 0.6) is 0 Å². The number of nitrogens with one attached hydrogen (secondary N) is 2. The molecule has 1 aliphatic rings. The van der Waals surface area contributed by atoms with Gasteiger partial charge in [-0.2, -0.15) is 0 Å². The molecule has 150 valence electrons. The SMILES string of the molecule is CS(=O)(=O)Nc1cccc(C(=O)NCc2ccc(CN3CCCCC3)cc2)c1. The molecule has 1 aliphatic heterocycles. The van der Waals surface area contributed by atoms with Crippen LogP contribution in [0.25, 0.3) is 0 Å². The quantitative estimate of drug-likeness (QED) is 0.748. The van der Waals surface area contributed by atoms with Crippen LogP contribution in [0.2, 0.25) is 0 Å². The van der Waals surface area contributed by atoms with Crippen LogP contribution in [0.1, 0.15) is 40.7 Å². The number of carbonyl (C=O) groups excluding carboxylic acids is 1. The van der Waals surface area contributed by atoms with E-state index in [2.05, 4.69) is 27.1 Å². The van der Waals surface area contributed by atoms with E-state index in [9.17, 15) is 13.2 Å². The summed E-state index contributed by atoms with van der Waals surface area (Å²) >= 11 is 0. The zero-order valence-corrected chi connectivity index (χ0v) is 17.0. The third kappa shape index (κ3) is 6.35. The summed E-state index contributed by atoms with van der Waals surface area (Å²) in [6, 6.07) is 14.8. The van der Waals surface area contributed by atoms with E-state index in [1.807, 2.05) is 12.1 Å². The maximum absolute atomic E-state index is 12.4. The topological polar surface area (TPSA) is 78.5 Å². The summed E-state index contributed by atoms with van der Waals surface area (Å²) in [5, 5.41) is 2.88. The molecule has 1 saturated heterocycles. The molecule has 3 rings (SSSR count). The van der Waals surface area contributed by atoms with Crippen LogP contribution < -0.4 is 10.0 Å². The van der Waals surface area contributed by atoms with Crippen molar-refractivity contribution in [2.45, 2.75) is 32.4 Å². The first kappa shape index (κ1) is 20.4. The average Bonchev–Trinajstić information content (AvgIpc) is 2.67. The third-order valence-corrected chi connectivity index (χ3v) is 5.37. The number of amides is 1. The van der Waals surface area contributed by atoms with Crippen molar-refractivity contribution in [3.63, 3.8) is 0 Å². The molecule has 0 atom stereocenters. The van der Waals surface area contributed by atoms with Gasteiger partial charge < -0.3 is 5.32 Å². The van der Waals surface area contributed by atoms with Gasteiger partial charge in [0.05, 0.1) is 6.26 Å². The monoisotopic (exact) mass is 401 g/mol. The predicted octanol–water partition coefficient (Wildman–Crippen LogP) is 2.97. The maximum Gasteiger partial charge on any atom is 0.251 e. The van der Waals surface area contributed by atoms with Crippen molar-refractivity contribution in [1.82, 2.24) is 10.2 Å². The Morgan fingerprint density at radius 3 is 2.36 bits per heavy atom. The number of rotatable bonds is 7. The average molecular weight is 402 g/mol. The minimum Gasteiger partial charge on any atom is -0.348 e. The fraction of sp³-hybridized carbons (Fsp3) is 0.381. The van der Waals surface area contributed by atoms with E-state index in [0.29, 0.717) is 17.8 Å². The highest BCUT2D eigenvalue weighted by Gasteiger charge is 2.11. The van der Waals surface area contributed by atoms with E-state index in [1.54, 1.807) is 18.2 Å². The molecule has 1 amide bonds. The molecule has 2 aromatic rings. The fourth-order valence-corrected chi connectivity index (χ4v) is 3.92. The van der Waals surface area contributed by atoms with Crippen molar-refractivity contribution >= 4 is 21.6 Å². The van der Waals surface area contributed by atoms with Crippen molar-refractivity contribution in [2.75, 3.05) is 24.1 Å². The smallest absolute Gasteiger partial charge is 0.251 e. The van der Waals surface area contributed by atoms with Gasteiger partial charge in [-0.25, -0.2) is 8.42 Å². The lowest BCUT2D eigenvalue weighted by Crippen LogP contribution is -2.29. The van der Waals surface area contributed by atoms with E-state index < -0.39 is 10.0 Å². The first-order chi connectivity index (χ1) is 13.4. The summed E-state index contributed by atoms with van der Waals surface area (Å²) in [6.45, 7) is 3.75. The lowest BCUT2D eigenvalue weighted by Gasteiger charge is -2.26. The zero-order chi connectivity index (χ0) is 20.0. The van der Waals surface area contributed by atoms with E-state index in [0.717, 1.165) is 18.4 Å². The lowest BCUT2D eigenvalue weighted by atomic mass is 10.1. The molecule has 2 N–H and O–H groups in total. The van der Waals surface area contributed by atoms with Crippen LogP contribution in [-0.2, 0) is 23.1 Å². The molecule has 0 aromatic heterocycles. The van der Waals surface area contributed by atoms with Crippen LogP contribution >= 0.6 is 0 Å². The summed E-state index contributed by atoms with van der Waals surface area (Å²) in [6.07, 6.45) is 4.98. The van der Waals surface area contributed by atoms with Crippen LogP contribution in [-0.4, -0.2) is 38.6 Å². The number of hydrogen-bond acceptors (Lipinski definition) is 4.